The van der Waals surface area contributed by atoms with Crippen LogP contribution < -0.4 is 10.4 Å². The Morgan fingerprint density at radius 2 is 1.27 bits per heavy atom. The van der Waals surface area contributed by atoms with Gasteiger partial charge in [0.2, 0.25) is 5.91 Å². The molecule has 56 heavy (non-hydrogen) atoms. The van der Waals surface area contributed by atoms with Crippen LogP contribution in [-0.4, -0.2) is 68.8 Å². The van der Waals surface area contributed by atoms with E-state index >= 15 is 0 Å². The maximum atomic E-state index is 12.8. The molecule has 0 N–H and O–H groups in total. The lowest BCUT2D eigenvalue weighted by Gasteiger charge is -2.47. The minimum atomic E-state index is -2.72. The van der Waals surface area contributed by atoms with Gasteiger partial charge in [-0.25, -0.2) is 4.79 Å². The SMILES string of the molecule is COC(=O)[C@H](CCC(=O)OC(C)(C)C)N(C)C(=O)CC(=O)/C=C/C=C/C=C/C=C/C(C)=C/[C@H](C)[C@H](O[Si](c1ccccc1)(c1ccccc1)C(C)(C)C)C(C)C. The number of ether oxygens (including phenoxy) is 2. The predicted octanol–water partition coefficient (Wildman–Crippen LogP) is 8.48. The monoisotopic (exact) mass is 783 g/mol. The van der Waals surface area contributed by atoms with Crippen molar-refractivity contribution < 1.29 is 33.1 Å². The molecule has 8 nitrogen and oxygen atoms in total. The summed E-state index contributed by atoms with van der Waals surface area (Å²) in [5.41, 5.74) is 0.458. The largest absolute Gasteiger partial charge is 0.467 e. The van der Waals surface area contributed by atoms with Crippen LogP contribution in [0, 0.1) is 11.8 Å². The van der Waals surface area contributed by atoms with Crippen molar-refractivity contribution in [2.75, 3.05) is 14.2 Å². The average Bonchev–Trinajstić information content (AvgIpc) is 3.12. The first kappa shape index (κ1) is 47.5. The van der Waals surface area contributed by atoms with Gasteiger partial charge < -0.3 is 18.8 Å². The topological polar surface area (TPSA) is 99.2 Å². The summed E-state index contributed by atoms with van der Waals surface area (Å²) in [5.74, 6) is -1.69. The Kier molecular flexibility index (Phi) is 18.9. The average molecular weight is 784 g/mol. The van der Waals surface area contributed by atoms with Crippen molar-refractivity contribution in [3.8, 4) is 0 Å². The fraction of sp³-hybridized carbons (Fsp3) is 0.447. The molecule has 0 spiro atoms. The zero-order chi connectivity index (χ0) is 42.1. The molecule has 1 amide bonds. The molecule has 3 atom stereocenters. The van der Waals surface area contributed by atoms with Gasteiger partial charge >= 0.3 is 11.9 Å². The fourth-order valence-corrected chi connectivity index (χ4v) is 11.6. The van der Waals surface area contributed by atoms with Crippen LogP contribution >= 0.6 is 0 Å². The first-order valence-corrected chi connectivity index (χ1v) is 21.4. The third-order valence-corrected chi connectivity index (χ3v) is 14.4. The van der Waals surface area contributed by atoms with Gasteiger partial charge in [0.15, 0.2) is 5.78 Å². The number of ketones is 1. The Bertz CT molecular complexity index is 1690. The van der Waals surface area contributed by atoms with Crippen molar-refractivity contribution in [1.82, 2.24) is 4.90 Å². The standard InChI is InChI=1S/C47H65NO7Si/c1-35(2)44(55-56(47(8,9)10,39-27-21-17-22-28-39)40-29-23-18-24-30-40)37(4)33-36(3)25-19-15-13-14-16-20-26-38(49)34-42(50)48(11)41(45(52)53-12)31-32-43(51)54-46(5,6)7/h13-30,33,35,37,41,44H,31-32,34H2,1-12H3/b15-13+,16-14+,25-19+,26-20+,36-33+/t37-,41-,44+/m0/s1. The molecule has 0 bridgehead atoms. The summed E-state index contributed by atoms with van der Waals surface area (Å²) in [5, 5.41) is 2.43. The van der Waals surface area contributed by atoms with E-state index in [1.165, 1.54) is 30.6 Å². The van der Waals surface area contributed by atoms with E-state index in [0.29, 0.717) is 0 Å². The minimum Gasteiger partial charge on any atom is -0.467 e. The number of benzene rings is 2. The maximum absolute atomic E-state index is 12.8. The molecule has 0 aromatic heterocycles. The van der Waals surface area contributed by atoms with E-state index in [1.54, 1.807) is 39.0 Å². The van der Waals surface area contributed by atoms with Crippen LogP contribution in [0.25, 0.3) is 0 Å². The van der Waals surface area contributed by atoms with Gasteiger partial charge in [-0.1, -0.05) is 156 Å². The van der Waals surface area contributed by atoms with Crippen molar-refractivity contribution in [3.63, 3.8) is 0 Å². The van der Waals surface area contributed by atoms with Gasteiger partial charge in [0.05, 0.1) is 19.6 Å². The van der Waals surface area contributed by atoms with Gasteiger partial charge in [0.25, 0.3) is 8.32 Å². The molecule has 304 valence electrons. The lowest BCUT2D eigenvalue weighted by molar-refractivity contribution is -0.157. The number of carbonyl (C=O) groups is 4. The van der Waals surface area contributed by atoms with Crippen LogP contribution in [0.15, 0.2) is 121 Å². The van der Waals surface area contributed by atoms with Crippen molar-refractivity contribution in [3.05, 3.63) is 121 Å². The lowest BCUT2D eigenvalue weighted by Crippen LogP contribution is -2.68. The zero-order valence-electron chi connectivity index (χ0n) is 35.7. The number of rotatable bonds is 19. The highest BCUT2D eigenvalue weighted by Gasteiger charge is 2.52. The Labute approximate surface area is 337 Å². The number of allylic oxidation sites excluding steroid dienone is 9. The molecule has 0 saturated carbocycles. The highest BCUT2D eigenvalue weighted by Crippen LogP contribution is 2.39. The third-order valence-electron chi connectivity index (χ3n) is 9.33. The normalized spacial score (nSPS) is 14.8. The van der Waals surface area contributed by atoms with E-state index in [-0.39, 0.29) is 35.8 Å². The molecular formula is C47H65NO7Si. The summed E-state index contributed by atoms with van der Waals surface area (Å²) in [7, 11) is -0.0979. The van der Waals surface area contributed by atoms with Crippen molar-refractivity contribution in [2.24, 2.45) is 11.8 Å². The minimum absolute atomic E-state index is 0.00763. The van der Waals surface area contributed by atoms with Crippen LogP contribution in [0.5, 0.6) is 0 Å². The predicted molar refractivity (Wildman–Crippen MR) is 230 cm³/mol. The highest BCUT2D eigenvalue weighted by atomic mass is 28.4. The number of nitrogens with zero attached hydrogens (tertiary/aromatic N) is 1. The number of amides is 1. The summed E-state index contributed by atoms with van der Waals surface area (Å²) < 4.78 is 17.7. The summed E-state index contributed by atoms with van der Waals surface area (Å²) >= 11 is 0. The molecular weight excluding hydrogens is 719 g/mol. The van der Waals surface area contributed by atoms with Gasteiger partial charge in [-0.15, -0.1) is 0 Å². The number of hydrogen-bond donors (Lipinski definition) is 0. The fourth-order valence-electron chi connectivity index (χ4n) is 6.70. The maximum Gasteiger partial charge on any atom is 0.328 e. The number of likely N-dealkylation sites (N-methyl/N-ethyl adjacent to an activating group) is 1. The zero-order valence-corrected chi connectivity index (χ0v) is 36.7. The van der Waals surface area contributed by atoms with E-state index in [1.807, 2.05) is 18.2 Å². The number of carbonyl (C=O) groups excluding carboxylic acids is 4. The Morgan fingerprint density at radius 3 is 1.73 bits per heavy atom. The van der Waals surface area contributed by atoms with Gasteiger partial charge in [-0.05, 0) is 67.4 Å². The molecule has 0 heterocycles. The van der Waals surface area contributed by atoms with Crippen molar-refractivity contribution >= 4 is 42.3 Å². The smallest absolute Gasteiger partial charge is 0.328 e. The second-order valence-corrected chi connectivity index (χ2v) is 20.8. The molecule has 0 aliphatic rings. The summed E-state index contributed by atoms with van der Waals surface area (Å²) in [6.07, 6.45) is 16.0. The summed E-state index contributed by atoms with van der Waals surface area (Å²) in [6.45, 7) is 21.0. The molecule has 2 rings (SSSR count). The molecule has 0 unspecified atom stereocenters. The first-order valence-electron chi connectivity index (χ1n) is 19.5. The lowest BCUT2D eigenvalue weighted by atomic mass is 9.93. The Morgan fingerprint density at radius 1 is 0.768 bits per heavy atom. The van der Waals surface area contributed by atoms with Crippen LogP contribution in [0.4, 0.5) is 0 Å². The Hall–Kier alpha value is -4.60. The molecule has 9 heteroatoms. The quantitative estimate of drug-likeness (QED) is 0.0464. The molecule has 0 aliphatic carbocycles. The molecule has 2 aromatic rings. The van der Waals surface area contributed by atoms with Crippen LogP contribution in [0.1, 0.15) is 88.5 Å². The van der Waals surface area contributed by atoms with Crippen LogP contribution in [0.2, 0.25) is 5.04 Å². The molecule has 0 saturated heterocycles. The van der Waals surface area contributed by atoms with E-state index < -0.39 is 50.0 Å². The second kappa shape index (κ2) is 22.2. The summed E-state index contributed by atoms with van der Waals surface area (Å²) in [6, 6.07) is 20.5. The van der Waals surface area contributed by atoms with Gasteiger partial charge in [0, 0.05) is 13.5 Å². The molecule has 2 aromatic carbocycles. The number of hydrogen-bond acceptors (Lipinski definition) is 7. The van der Waals surface area contributed by atoms with Crippen molar-refractivity contribution in [1.29, 1.82) is 0 Å². The van der Waals surface area contributed by atoms with Gasteiger partial charge in [-0.3, -0.25) is 14.4 Å². The van der Waals surface area contributed by atoms with Gasteiger partial charge in [0.1, 0.15) is 11.6 Å². The second-order valence-electron chi connectivity index (χ2n) is 16.6. The van der Waals surface area contributed by atoms with E-state index in [2.05, 4.69) is 121 Å². The highest BCUT2D eigenvalue weighted by molar-refractivity contribution is 6.99. The number of esters is 2. The van der Waals surface area contributed by atoms with Gasteiger partial charge in [-0.2, -0.15) is 0 Å². The van der Waals surface area contributed by atoms with Crippen LogP contribution in [-0.2, 0) is 33.1 Å². The first-order chi connectivity index (χ1) is 26.2. The molecule has 0 aliphatic heterocycles. The number of methoxy groups -OCH3 is 1. The van der Waals surface area contributed by atoms with E-state index in [0.717, 1.165) is 10.5 Å². The van der Waals surface area contributed by atoms with Crippen LogP contribution in [0.3, 0.4) is 0 Å². The van der Waals surface area contributed by atoms with Crippen molar-refractivity contribution in [2.45, 2.75) is 111 Å². The Balaban J connectivity index is 2.05. The molecule has 0 radical (unpaired) electrons. The molecule has 0 fully saturated rings. The summed E-state index contributed by atoms with van der Waals surface area (Å²) in [4.78, 5) is 51.0. The third kappa shape index (κ3) is 14.8. The van der Waals surface area contributed by atoms with E-state index in [9.17, 15) is 19.2 Å². The van der Waals surface area contributed by atoms with E-state index in [4.69, 9.17) is 13.9 Å².